The van der Waals surface area contributed by atoms with Crippen molar-refractivity contribution in [3.63, 3.8) is 0 Å². The number of fused-ring (bicyclic) bond motifs is 3. The number of nitrogens with zero attached hydrogens (tertiary/aromatic N) is 14. The van der Waals surface area contributed by atoms with Gasteiger partial charge in [0.15, 0.2) is 17.5 Å². The minimum absolute atomic E-state index is 0. The Kier molecular flexibility index (Phi) is 24.8. The highest BCUT2D eigenvalue weighted by molar-refractivity contribution is 9.10. The molecule has 4 amide bonds. The Labute approximate surface area is 540 Å². The summed E-state index contributed by atoms with van der Waals surface area (Å²) in [6.45, 7) is 2.56. The number of aromatic nitrogens is 12. The molecule has 3 aliphatic rings. The first-order valence-electron chi connectivity index (χ1n) is 27.4. The van der Waals surface area contributed by atoms with E-state index in [4.69, 9.17) is 15.8 Å². The van der Waals surface area contributed by atoms with Crippen LogP contribution >= 0.6 is 44.3 Å². The molecule has 5 aromatic carbocycles. The molecule has 90 heavy (non-hydrogen) atoms. The van der Waals surface area contributed by atoms with Gasteiger partial charge in [0.2, 0.25) is 0 Å². The van der Waals surface area contributed by atoms with Crippen LogP contribution in [0.25, 0.3) is 62.6 Å². The highest BCUT2D eigenvalue weighted by atomic mass is 79.9. The monoisotopic (exact) mass is 1370 g/mol. The van der Waals surface area contributed by atoms with Crippen molar-refractivity contribution in [2.75, 3.05) is 55.6 Å². The second-order valence-corrected chi connectivity index (χ2v) is 21.8. The molecule has 3 saturated heterocycles. The molecule has 3 fully saturated rings. The molecule has 29 heteroatoms. The summed E-state index contributed by atoms with van der Waals surface area (Å²) >= 11 is 6.68. The lowest BCUT2D eigenvalue weighted by molar-refractivity contribution is 0.217. The zero-order chi connectivity index (χ0) is 60.8. The molecule has 0 spiro atoms. The zero-order valence-electron chi connectivity index (χ0n) is 46.7. The Bertz CT molecular complexity index is 4120. The second kappa shape index (κ2) is 32.5. The van der Waals surface area contributed by atoms with Crippen LogP contribution in [0.5, 0.6) is 0 Å². The number of anilines is 3. The van der Waals surface area contributed by atoms with E-state index in [1.54, 1.807) is 86.9 Å². The van der Waals surface area contributed by atoms with Gasteiger partial charge in [0.25, 0.3) is 17.3 Å². The second-order valence-electron chi connectivity index (χ2n) is 20.0. The van der Waals surface area contributed by atoms with Gasteiger partial charge >= 0.3 is 19.2 Å². The Hall–Kier alpha value is -8.93. The summed E-state index contributed by atoms with van der Waals surface area (Å²) in [7, 11) is -1.34. The van der Waals surface area contributed by atoms with Crippen LogP contribution in [0.4, 0.5) is 39.8 Å². The van der Waals surface area contributed by atoms with Crippen molar-refractivity contribution in [3.8, 4) is 45.3 Å². The fourth-order valence-electron chi connectivity index (χ4n) is 9.05. The van der Waals surface area contributed by atoms with Crippen molar-refractivity contribution >= 4 is 103 Å². The molecule has 0 unspecified atom stereocenters. The van der Waals surface area contributed by atoms with Gasteiger partial charge in [-0.15, -0.1) is 27.7 Å². The number of urea groups is 2. The summed E-state index contributed by atoms with van der Waals surface area (Å²) < 4.78 is 45.0. The van der Waals surface area contributed by atoms with Crippen LogP contribution in [0, 0.1) is 0 Å². The van der Waals surface area contributed by atoms with Gasteiger partial charge in [0, 0.05) is 96.1 Å². The Balaban J connectivity index is 0.000000173. The van der Waals surface area contributed by atoms with Crippen molar-refractivity contribution < 1.29 is 32.8 Å². The van der Waals surface area contributed by atoms with Gasteiger partial charge in [-0.2, -0.15) is 15.0 Å². The number of halogens is 6. The van der Waals surface area contributed by atoms with Gasteiger partial charge in [-0.1, -0.05) is 112 Å². The molecular formula is C61H65BBr2ClF3N18O4. The van der Waals surface area contributed by atoms with Crippen LogP contribution in [-0.2, 0) is 0 Å². The highest BCUT2D eigenvalue weighted by Gasteiger charge is 2.27. The molecule has 0 saturated carbocycles. The smallest absolute Gasteiger partial charge is 0.423 e. The largest absolute Gasteiger partial charge is 0.488 e. The molecule has 468 valence electrons. The van der Waals surface area contributed by atoms with E-state index in [2.05, 4.69) is 93.0 Å². The van der Waals surface area contributed by atoms with Gasteiger partial charge in [-0.25, -0.2) is 51.3 Å². The van der Waals surface area contributed by atoms with Crippen LogP contribution in [0.1, 0.15) is 34.1 Å². The van der Waals surface area contributed by atoms with Crippen LogP contribution in [0.15, 0.2) is 180 Å². The summed E-state index contributed by atoms with van der Waals surface area (Å²) in [5.74, 6) is 3.16. The maximum atomic E-state index is 13.3. The molecule has 22 nitrogen and oxygen atoms in total. The third kappa shape index (κ3) is 18.6. The van der Waals surface area contributed by atoms with Gasteiger partial charge in [-0.05, 0) is 105 Å². The minimum atomic E-state index is -1.34. The Morgan fingerprint density at radius 2 is 0.978 bits per heavy atom. The van der Waals surface area contributed by atoms with Crippen molar-refractivity contribution in [2.45, 2.75) is 52.6 Å². The van der Waals surface area contributed by atoms with Gasteiger partial charge < -0.3 is 41.5 Å². The standard InChI is InChI=1S/C22H19FN6O.C16H14BrFN6O.C11H8BrN5.C6H7BO2.C4H8FN.2CH4.ClH/c23-18-9-10-28(14-18)22(30)25-19-8-4-7-16(11-19)20-26-21-24-12-17(13-29(21)27-20)15-5-2-1-3-6-15;17-11-7-19-15-21-14(22-24(15)8-11)10-2-1-3-13(6-10)20-16(25)23-5-4-12(18)9-23;12-8-5-14-11-15-10(16-17(11)6-8)7-2-1-3-9(13)4-7;8-7(9)6-4-2-1-3-5-6;5-4-1-2-6-3-4;;;/h1-8,11-13,18H,9-10,14H2,(H,25,30);1-3,6-8,12H,4-5,9H2,(H,20,25);1-6H,13H2;1-5,8-9H;4,6H,1-3H2;2*1H4;1H/t18-;12-;;;4-;;;/m00..0.../s1. The maximum Gasteiger partial charge on any atom is 0.488 e. The first kappa shape index (κ1) is 68.6. The van der Waals surface area contributed by atoms with Crippen LogP contribution in [-0.4, -0.2) is 156 Å². The predicted molar refractivity (Wildman–Crippen MR) is 353 cm³/mol. The molecule has 0 bridgehead atoms. The molecule has 3 aliphatic heterocycles. The number of amides is 4. The third-order valence-corrected chi connectivity index (χ3v) is 14.3. The van der Waals surface area contributed by atoms with E-state index in [-0.39, 0.29) is 52.4 Å². The number of hydrogen-bond acceptors (Lipinski definition) is 15. The van der Waals surface area contributed by atoms with Crippen LogP contribution in [0.2, 0.25) is 0 Å². The summed E-state index contributed by atoms with van der Waals surface area (Å²) in [5.41, 5.74) is 12.5. The molecule has 0 radical (unpaired) electrons. The number of nitrogen functional groups attached to an aromatic ring is 1. The number of rotatable bonds is 7. The molecule has 0 aliphatic carbocycles. The first-order chi connectivity index (χ1) is 42.2. The van der Waals surface area contributed by atoms with Gasteiger partial charge in [-0.3, -0.25) is 0 Å². The number of likely N-dealkylation sites (tertiary alicyclic amines) is 2. The fraction of sp³-hybridized carbons (Fsp3) is 0.230. The summed E-state index contributed by atoms with van der Waals surface area (Å²) in [6, 6.07) is 39.9. The predicted octanol–water partition coefficient (Wildman–Crippen LogP) is 10.7. The summed E-state index contributed by atoms with van der Waals surface area (Å²) in [5, 5.41) is 39.0. The maximum absolute atomic E-state index is 13.3. The highest BCUT2D eigenvalue weighted by Crippen LogP contribution is 2.26. The molecule has 9 heterocycles. The topological polar surface area (TPSA) is 272 Å². The zero-order valence-corrected chi connectivity index (χ0v) is 50.7. The number of hydrogen-bond donors (Lipinski definition) is 6. The summed E-state index contributed by atoms with van der Waals surface area (Å²) in [4.78, 5) is 53.4. The van der Waals surface area contributed by atoms with Crippen molar-refractivity contribution in [1.29, 1.82) is 0 Å². The van der Waals surface area contributed by atoms with E-state index in [0.717, 1.165) is 43.3 Å². The fourth-order valence-corrected chi connectivity index (χ4v) is 9.64. The number of nitrogens with two attached hydrogens (primary N) is 1. The quantitative estimate of drug-likeness (QED) is 0.0640. The molecular weight excluding hydrogens is 1310 g/mol. The molecule has 3 atom stereocenters. The van der Waals surface area contributed by atoms with Crippen molar-refractivity contribution in [3.05, 3.63) is 180 Å². The lowest BCUT2D eigenvalue weighted by Gasteiger charge is -2.16. The third-order valence-electron chi connectivity index (χ3n) is 13.4. The number of alkyl halides is 3. The van der Waals surface area contributed by atoms with E-state index in [1.165, 1.54) is 9.80 Å². The number of carbonyl (C=O) groups is 2. The minimum Gasteiger partial charge on any atom is -0.423 e. The van der Waals surface area contributed by atoms with Gasteiger partial charge in [0.1, 0.15) is 18.5 Å². The lowest BCUT2D eigenvalue weighted by atomic mass is 9.81. The van der Waals surface area contributed by atoms with E-state index < -0.39 is 25.6 Å². The van der Waals surface area contributed by atoms with Crippen molar-refractivity contribution in [2.24, 2.45) is 0 Å². The molecule has 14 rings (SSSR count). The number of carbonyl (C=O) groups excluding carboxylic acids is 2. The summed E-state index contributed by atoms with van der Waals surface area (Å²) in [6.07, 6.45) is 9.61. The normalized spacial score (nSPS) is 15.4. The average Bonchev–Trinajstić information content (AvgIpc) is 2.33. The Morgan fingerprint density at radius 1 is 0.544 bits per heavy atom. The average molecular weight is 1380 g/mol. The SMILES string of the molecule is C.C.Cl.F[C@H]1CCNC1.Nc1cccc(-c2nc3ncc(Br)cn3n2)c1.O=C(Nc1cccc(-c2nc3ncc(-c4ccccc4)cn3n2)c1)N1CC[C@H](F)C1.O=C(Nc1cccc(-c2nc3ncc(Br)cn3n2)c1)N1CC[C@H](F)C1.OB(O)c1ccccc1. The van der Waals surface area contributed by atoms with Gasteiger partial charge in [0.05, 0.1) is 22.0 Å². The molecule has 11 aromatic rings. The molecule has 7 N–H and O–H groups in total. The first-order valence-corrected chi connectivity index (χ1v) is 29.0. The molecule has 6 aromatic heterocycles. The van der Waals surface area contributed by atoms with E-state index in [0.29, 0.717) is 96.2 Å². The van der Waals surface area contributed by atoms with E-state index >= 15 is 0 Å². The van der Waals surface area contributed by atoms with Crippen LogP contribution < -0.4 is 27.1 Å². The Morgan fingerprint density at radius 3 is 1.38 bits per heavy atom. The van der Waals surface area contributed by atoms with Crippen molar-refractivity contribution in [1.82, 2.24) is 73.9 Å². The lowest BCUT2D eigenvalue weighted by Crippen LogP contribution is -2.33. The van der Waals surface area contributed by atoms with E-state index in [1.807, 2.05) is 97.3 Å². The van der Waals surface area contributed by atoms with E-state index in [9.17, 15) is 22.8 Å². The number of benzene rings is 5. The van der Waals surface area contributed by atoms with Crippen LogP contribution in [0.3, 0.4) is 0 Å². The number of nitrogens with one attached hydrogen (secondary N) is 3.